The molecule has 1 aromatic heterocycles. The topological polar surface area (TPSA) is 47.3 Å². The number of aromatic nitrogens is 1. The highest BCUT2D eigenvalue weighted by Gasteiger charge is 2.17. The van der Waals surface area contributed by atoms with E-state index in [2.05, 4.69) is 17.2 Å². The Morgan fingerprint density at radius 1 is 1.47 bits per heavy atom. The van der Waals surface area contributed by atoms with Gasteiger partial charge in [0, 0.05) is 32.1 Å². The molecule has 1 unspecified atom stereocenters. The van der Waals surface area contributed by atoms with Crippen molar-refractivity contribution >= 4 is 0 Å². The maximum absolute atomic E-state index is 5.53. The van der Waals surface area contributed by atoms with Gasteiger partial charge in [0.25, 0.3) is 0 Å². The van der Waals surface area contributed by atoms with Crippen LogP contribution in [0.15, 0.2) is 10.7 Å². The molecule has 17 heavy (non-hydrogen) atoms. The molecular formula is C13H22N2O2. The summed E-state index contributed by atoms with van der Waals surface area (Å²) in [5.74, 6) is 1.56. The van der Waals surface area contributed by atoms with Crippen LogP contribution in [0, 0.1) is 5.92 Å². The van der Waals surface area contributed by atoms with Gasteiger partial charge in [-0.25, -0.2) is 4.98 Å². The standard InChI is InChI=1S/C13H22N2O2/c1-10(14-2)7-12-9-17-13(15-12)8-11-3-5-16-6-4-11/h9-11,14H,3-8H2,1-2H3. The minimum absolute atomic E-state index is 0.441. The van der Waals surface area contributed by atoms with Crippen LogP contribution in [0.3, 0.4) is 0 Å². The van der Waals surface area contributed by atoms with Gasteiger partial charge in [-0.2, -0.15) is 0 Å². The summed E-state index contributed by atoms with van der Waals surface area (Å²) in [5.41, 5.74) is 1.05. The van der Waals surface area contributed by atoms with Gasteiger partial charge in [-0.15, -0.1) is 0 Å². The molecule has 1 atom stereocenters. The van der Waals surface area contributed by atoms with Crippen molar-refractivity contribution in [2.24, 2.45) is 5.92 Å². The van der Waals surface area contributed by atoms with Gasteiger partial charge in [-0.05, 0) is 32.7 Å². The van der Waals surface area contributed by atoms with Crippen LogP contribution < -0.4 is 5.32 Å². The lowest BCUT2D eigenvalue weighted by Gasteiger charge is -2.20. The Balaban J connectivity index is 1.84. The first-order chi connectivity index (χ1) is 8.28. The molecule has 1 aliphatic heterocycles. The monoisotopic (exact) mass is 238 g/mol. The van der Waals surface area contributed by atoms with Gasteiger partial charge < -0.3 is 14.5 Å². The Kier molecular flexibility index (Phi) is 4.57. The van der Waals surface area contributed by atoms with E-state index in [1.807, 2.05) is 7.05 Å². The zero-order valence-corrected chi connectivity index (χ0v) is 10.7. The van der Waals surface area contributed by atoms with E-state index in [-0.39, 0.29) is 0 Å². The van der Waals surface area contributed by atoms with Gasteiger partial charge >= 0.3 is 0 Å². The van der Waals surface area contributed by atoms with Crippen LogP contribution in [0.4, 0.5) is 0 Å². The van der Waals surface area contributed by atoms with Crippen molar-refractivity contribution in [3.63, 3.8) is 0 Å². The molecule has 1 aromatic rings. The second-order valence-electron chi connectivity index (χ2n) is 4.89. The van der Waals surface area contributed by atoms with E-state index >= 15 is 0 Å². The number of nitrogens with one attached hydrogen (secondary N) is 1. The fraction of sp³-hybridized carbons (Fsp3) is 0.769. The van der Waals surface area contributed by atoms with Crippen LogP contribution in [-0.2, 0) is 17.6 Å². The van der Waals surface area contributed by atoms with E-state index in [1.54, 1.807) is 6.26 Å². The molecule has 1 saturated heterocycles. The van der Waals surface area contributed by atoms with Crippen molar-refractivity contribution in [3.05, 3.63) is 17.8 Å². The number of rotatable bonds is 5. The Bertz CT molecular complexity index is 332. The number of hydrogen-bond donors (Lipinski definition) is 1. The molecule has 1 N–H and O–H groups in total. The van der Waals surface area contributed by atoms with Crippen LogP contribution in [-0.4, -0.2) is 31.3 Å². The quantitative estimate of drug-likeness (QED) is 0.849. The lowest BCUT2D eigenvalue weighted by Crippen LogP contribution is -2.23. The summed E-state index contributed by atoms with van der Waals surface area (Å²) in [4.78, 5) is 4.54. The maximum Gasteiger partial charge on any atom is 0.194 e. The third-order valence-corrected chi connectivity index (χ3v) is 3.41. The van der Waals surface area contributed by atoms with Crippen LogP contribution in [0.2, 0.25) is 0 Å². The summed E-state index contributed by atoms with van der Waals surface area (Å²) in [5, 5.41) is 3.21. The third-order valence-electron chi connectivity index (χ3n) is 3.41. The van der Waals surface area contributed by atoms with E-state index in [4.69, 9.17) is 9.15 Å². The maximum atomic E-state index is 5.53. The predicted octanol–water partition coefficient (Wildman–Crippen LogP) is 1.79. The molecule has 0 radical (unpaired) electrons. The van der Waals surface area contributed by atoms with E-state index in [0.29, 0.717) is 12.0 Å². The second kappa shape index (κ2) is 6.17. The molecule has 4 nitrogen and oxygen atoms in total. The van der Waals surface area contributed by atoms with Gasteiger partial charge in [0.15, 0.2) is 5.89 Å². The van der Waals surface area contributed by atoms with Crippen LogP contribution in [0.5, 0.6) is 0 Å². The normalized spacial score (nSPS) is 19.4. The van der Waals surface area contributed by atoms with Gasteiger partial charge in [-0.3, -0.25) is 0 Å². The van der Waals surface area contributed by atoms with Gasteiger partial charge in [0.2, 0.25) is 0 Å². The molecule has 0 spiro atoms. The predicted molar refractivity (Wildman–Crippen MR) is 66.0 cm³/mol. The highest BCUT2D eigenvalue weighted by molar-refractivity contribution is 4.99. The van der Waals surface area contributed by atoms with Crippen molar-refractivity contribution in [2.75, 3.05) is 20.3 Å². The van der Waals surface area contributed by atoms with Crippen molar-refractivity contribution in [3.8, 4) is 0 Å². The number of ether oxygens (including phenoxy) is 1. The molecule has 0 aromatic carbocycles. The molecule has 0 aliphatic carbocycles. The van der Waals surface area contributed by atoms with E-state index in [9.17, 15) is 0 Å². The van der Waals surface area contributed by atoms with E-state index < -0.39 is 0 Å². The third kappa shape index (κ3) is 3.82. The summed E-state index contributed by atoms with van der Waals surface area (Å²) in [6.07, 6.45) is 5.93. The SMILES string of the molecule is CNC(C)Cc1coc(CC2CCOCC2)n1. The molecule has 1 fully saturated rings. The number of hydrogen-bond acceptors (Lipinski definition) is 4. The average molecular weight is 238 g/mol. The minimum atomic E-state index is 0.441. The molecule has 2 heterocycles. The van der Waals surface area contributed by atoms with Gasteiger partial charge in [0.05, 0.1) is 5.69 Å². The Morgan fingerprint density at radius 2 is 2.24 bits per heavy atom. The van der Waals surface area contributed by atoms with Crippen LogP contribution >= 0.6 is 0 Å². The highest BCUT2D eigenvalue weighted by Crippen LogP contribution is 2.19. The fourth-order valence-corrected chi connectivity index (χ4v) is 2.15. The molecule has 96 valence electrons. The Morgan fingerprint density at radius 3 is 2.94 bits per heavy atom. The second-order valence-corrected chi connectivity index (χ2v) is 4.89. The zero-order valence-electron chi connectivity index (χ0n) is 10.7. The summed E-state index contributed by atoms with van der Waals surface area (Å²) in [6, 6.07) is 0.441. The molecule has 1 aliphatic rings. The number of oxazole rings is 1. The highest BCUT2D eigenvalue weighted by atomic mass is 16.5. The molecule has 0 amide bonds. The smallest absolute Gasteiger partial charge is 0.194 e. The number of nitrogens with zero attached hydrogens (tertiary/aromatic N) is 1. The molecule has 0 saturated carbocycles. The van der Waals surface area contributed by atoms with Crippen molar-refractivity contribution in [1.82, 2.24) is 10.3 Å². The van der Waals surface area contributed by atoms with Crippen molar-refractivity contribution in [2.45, 2.75) is 38.6 Å². The summed E-state index contributed by atoms with van der Waals surface area (Å²) >= 11 is 0. The largest absolute Gasteiger partial charge is 0.449 e. The molecule has 0 bridgehead atoms. The number of likely N-dealkylation sites (N-methyl/N-ethyl adjacent to an activating group) is 1. The van der Waals surface area contributed by atoms with Crippen LogP contribution in [0.1, 0.15) is 31.4 Å². The van der Waals surface area contributed by atoms with Crippen LogP contribution in [0.25, 0.3) is 0 Å². The van der Waals surface area contributed by atoms with E-state index in [1.165, 1.54) is 0 Å². The first-order valence-corrected chi connectivity index (χ1v) is 6.46. The first-order valence-electron chi connectivity index (χ1n) is 6.46. The lowest BCUT2D eigenvalue weighted by atomic mass is 9.97. The Hall–Kier alpha value is -0.870. The van der Waals surface area contributed by atoms with Gasteiger partial charge in [-0.1, -0.05) is 0 Å². The van der Waals surface area contributed by atoms with Crippen molar-refractivity contribution in [1.29, 1.82) is 0 Å². The van der Waals surface area contributed by atoms with Gasteiger partial charge in [0.1, 0.15) is 6.26 Å². The Labute approximate surface area is 103 Å². The summed E-state index contributed by atoms with van der Waals surface area (Å²) in [6.45, 7) is 3.91. The fourth-order valence-electron chi connectivity index (χ4n) is 2.15. The first kappa shape index (κ1) is 12.6. The molecule has 4 heteroatoms. The summed E-state index contributed by atoms with van der Waals surface area (Å²) < 4.78 is 10.9. The van der Waals surface area contributed by atoms with E-state index in [0.717, 1.165) is 50.5 Å². The van der Waals surface area contributed by atoms with Crippen molar-refractivity contribution < 1.29 is 9.15 Å². The molecular weight excluding hydrogens is 216 g/mol. The minimum Gasteiger partial charge on any atom is -0.449 e. The lowest BCUT2D eigenvalue weighted by molar-refractivity contribution is 0.0647. The average Bonchev–Trinajstić information content (AvgIpc) is 2.77. The summed E-state index contributed by atoms with van der Waals surface area (Å²) in [7, 11) is 1.97. The molecule has 2 rings (SSSR count). The zero-order chi connectivity index (χ0) is 12.1.